The van der Waals surface area contributed by atoms with Gasteiger partial charge in [-0.2, -0.15) is 0 Å². The van der Waals surface area contributed by atoms with Gasteiger partial charge in [-0.1, -0.05) is 12.1 Å². The van der Waals surface area contributed by atoms with E-state index in [1.54, 1.807) is 11.3 Å². The fraction of sp³-hybridized carbons (Fsp3) is 0.600. The molecular formula is C15H21N3O2S. The first-order valence-electron chi connectivity index (χ1n) is 7.35. The predicted octanol–water partition coefficient (Wildman–Crippen LogP) is 2.36. The van der Waals surface area contributed by atoms with Crippen LogP contribution in [0, 0.1) is 11.3 Å². The predicted molar refractivity (Wildman–Crippen MR) is 82.4 cm³/mol. The van der Waals surface area contributed by atoms with Crippen molar-refractivity contribution in [2.24, 2.45) is 22.2 Å². The minimum atomic E-state index is -0.796. The Hall–Kier alpha value is -1.56. The SMILES string of the molecule is CC1CC(C(=O)N2CCc3sccc3C2C)(/C(N)=N/O)C1. The second-order valence-electron chi connectivity index (χ2n) is 6.30. The number of carbonyl (C=O) groups excluding carboxylic acids is 1. The van der Waals surface area contributed by atoms with Crippen LogP contribution in [-0.2, 0) is 11.2 Å². The Bertz CT molecular complexity index is 589. The van der Waals surface area contributed by atoms with E-state index in [0.717, 1.165) is 6.42 Å². The van der Waals surface area contributed by atoms with E-state index in [9.17, 15) is 4.79 Å². The van der Waals surface area contributed by atoms with Crippen LogP contribution < -0.4 is 5.73 Å². The van der Waals surface area contributed by atoms with Crippen LogP contribution in [-0.4, -0.2) is 28.4 Å². The van der Waals surface area contributed by atoms with Crippen LogP contribution in [0.5, 0.6) is 0 Å². The second kappa shape index (κ2) is 5.02. The Kier molecular flexibility index (Phi) is 3.43. The summed E-state index contributed by atoms with van der Waals surface area (Å²) in [6.07, 6.45) is 2.23. The highest BCUT2D eigenvalue weighted by Gasteiger charge is 2.54. The number of fused-ring (bicyclic) bond motifs is 1. The molecule has 0 bridgehead atoms. The lowest BCUT2D eigenvalue weighted by atomic mass is 9.60. The average molecular weight is 307 g/mol. The van der Waals surface area contributed by atoms with Crippen molar-refractivity contribution >= 4 is 23.1 Å². The molecular weight excluding hydrogens is 286 g/mol. The monoisotopic (exact) mass is 307 g/mol. The Labute approximate surface area is 128 Å². The zero-order chi connectivity index (χ0) is 15.2. The molecule has 1 aliphatic carbocycles. The number of carbonyl (C=O) groups is 1. The van der Waals surface area contributed by atoms with E-state index in [1.165, 1.54) is 10.4 Å². The maximum absolute atomic E-state index is 13.0. The smallest absolute Gasteiger partial charge is 0.237 e. The van der Waals surface area contributed by atoms with Gasteiger partial charge in [-0.05, 0) is 49.1 Å². The summed E-state index contributed by atoms with van der Waals surface area (Å²) in [7, 11) is 0. The number of amidine groups is 1. The van der Waals surface area contributed by atoms with Crippen molar-refractivity contribution in [1.82, 2.24) is 4.90 Å². The van der Waals surface area contributed by atoms with Gasteiger partial charge in [0.05, 0.1) is 6.04 Å². The van der Waals surface area contributed by atoms with E-state index >= 15 is 0 Å². The summed E-state index contributed by atoms with van der Waals surface area (Å²) in [4.78, 5) is 16.3. The topological polar surface area (TPSA) is 78.9 Å². The molecule has 1 aromatic rings. The number of oxime groups is 1. The third kappa shape index (κ3) is 2.04. The van der Waals surface area contributed by atoms with Crippen molar-refractivity contribution < 1.29 is 10.0 Å². The normalized spacial score (nSPS) is 32.5. The number of hydrogen-bond donors (Lipinski definition) is 2. The highest BCUT2D eigenvalue weighted by molar-refractivity contribution is 7.10. The summed E-state index contributed by atoms with van der Waals surface area (Å²) in [6, 6.07) is 2.16. The molecule has 0 aromatic carbocycles. The minimum Gasteiger partial charge on any atom is -0.409 e. The number of nitrogens with two attached hydrogens (primary N) is 1. The Balaban J connectivity index is 1.88. The zero-order valence-electron chi connectivity index (χ0n) is 12.4. The third-order valence-electron chi connectivity index (χ3n) is 4.94. The lowest BCUT2D eigenvalue weighted by Gasteiger charge is -2.48. The summed E-state index contributed by atoms with van der Waals surface area (Å²) in [6.45, 7) is 4.86. The molecule has 0 radical (unpaired) electrons. The number of thiophene rings is 1. The molecule has 5 nitrogen and oxygen atoms in total. The molecule has 1 saturated carbocycles. The Morgan fingerprint density at radius 3 is 2.86 bits per heavy atom. The molecule has 6 heteroatoms. The largest absolute Gasteiger partial charge is 0.409 e. The number of amides is 1. The van der Waals surface area contributed by atoms with Crippen molar-refractivity contribution in [3.05, 3.63) is 21.9 Å². The molecule has 2 aliphatic rings. The van der Waals surface area contributed by atoms with Crippen LogP contribution in [0.1, 0.15) is 43.2 Å². The van der Waals surface area contributed by atoms with Crippen molar-refractivity contribution in [2.45, 2.75) is 39.2 Å². The van der Waals surface area contributed by atoms with Gasteiger partial charge in [-0.25, -0.2) is 0 Å². The quantitative estimate of drug-likeness (QED) is 0.381. The molecule has 114 valence electrons. The molecule has 21 heavy (non-hydrogen) atoms. The molecule has 0 spiro atoms. The summed E-state index contributed by atoms with van der Waals surface area (Å²) in [5.41, 5.74) is 6.30. The van der Waals surface area contributed by atoms with E-state index in [0.29, 0.717) is 25.3 Å². The van der Waals surface area contributed by atoms with E-state index < -0.39 is 5.41 Å². The first-order chi connectivity index (χ1) is 9.99. The molecule has 1 fully saturated rings. The van der Waals surface area contributed by atoms with Crippen molar-refractivity contribution in [3.63, 3.8) is 0 Å². The Morgan fingerprint density at radius 2 is 2.24 bits per heavy atom. The number of rotatable bonds is 2. The van der Waals surface area contributed by atoms with E-state index in [1.807, 2.05) is 4.90 Å². The molecule has 1 amide bonds. The third-order valence-corrected chi connectivity index (χ3v) is 5.94. The van der Waals surface area contributed by atoms with Crippen LogP contribution in [0.25, 0.3) is 0 Å². The van der Waals surface area contributed by atoms with Crippen molar-refractivity contribution in [2.75, 3.05) is 6.54 Å². The van der Waals surface area contributed by atoms with Gasteiger partial charge in [-0.15, -0.1) is 11.3 Å². The lowest BCUT2D eigenvalue weighted by molar-refractivity contribution is -0.147. The van der Waals surface area contributed by atoms with Gasteiger partial charge in [0.25, 0.3) is 0 Å². The molecule has 2 heterocycles. The van der Waals surface area contributed by atoms with Crippen LogP contribution in [0.3, 0.4) is 0 Å². The Morgan fingerprint density at radius 1 is 1.52 bits per heavy atom. The maximum Gasteiger partial charge on any atom is 0.237 e. The number of hydrogen-bond acceptors (Lipinski definition) is 4. The van der Waals surface area contributed by atoms with Gasteiger partial charge in [0, 0.05) is 11.4 Å². The summed E-state index contributed by atoms with van der Waals surface area (Å²) < 4.78 is 0. The van der Waals surface area contributed by atoms with Crippen LogP contribution >= 0.6 is 11.3 Å². The van der Waals surface area contributed by atoms with Crippen LogP contribution in [0.2, 0.25) is 0 Å². The molecule has 3 rings (SSSR count). The first kappa shape index (κ1) is 14.4. The van der Waals surface area contributed by atoms with Crippen molar-refractivity contribution in [1.29, 1.82) is 0 Å². The molecule has 0 saturated heterocycles. The fourth-order valence-electron chi connectivity index (χ4n) is 3.78. The van der Waals surface area contributed by atoms with E-state index in [2.05, 4.69) is 30.4 Å². The average Bonchev–Trinajstić information content (AvgIpc) is 2.92. The molecule has 1 atom stereocenters. The van der Waals surface area contributed by atoms with Crippen LogP contribution in [0.15, 0.2) is 16.6 Å². The summed E-state index contributed by atoms with van der Waals surface area (Å²) in [5.74, 6) is 0.514. The van der Waals surface area contributed by atoms with E-state index in [4.69, 9.17) is 10.9 Å². The zero-order valence-corrected chi connectivity index (χ0v) is 13.2. The molecule has 1 unspecified atom stereocenters. The fourth-order valence-corrected chi connectivity index (χ4v) is 4.74. The number of nitrogens with zero attached hydrogens (tertiary/aromatic N) is 2. The van der Waals surface area contributed by atoms with Gasteiger partial charge < -0.3 is 15.8 Å². The molecule has 1 aliphatic heterocycles. The highest BCUT2D eigenvalue weighted by Crippen LogP contribution is 2.48. The second-order valence-corrected chi connectivity index (χ2v) is 7.31. The lowest BCUT2D eigenvalue weighted by Crippen LogP contribution is -2.58. The van der Waals surface area contributed by atoms with Gasteiger partial charge in [-0.3, -0.25) is 4.79 Å². The highest BCUT2D eigenvalue weighted by atomic mass is 32.1. The van der Waals surface area contributed by atoms with Gasteiger partial charge >= 0.3 is 0 Å². The first-order valence-corrected chi connectivity index (χ1v) is 8.23. The van der Waals surface area contributed by atoms with Crippen LogP contribution in [0.4, 0.5) is 0 Å². The van der Waals surface area contributed by atoms with Gasteiger partial charge in [0.2, 0.25) is 5.91 Å². The van der Waals surface area contributed by atoms with E-state index in [-0.39, 0.29) is 17.8 Å². The summed E-state index contributed by atoms with van der Waals surface area (Å²) in [5, 5.41) is 14.3. The van der Waals surface area contributed by atoms with Gasteiger partial charge in [0.1, 0.15) is 5.41 Å². The molecule has 1 aromatic heterocycles. The van der Waals surface area contributed by atoms with Crippen molar-refractivity contribution in [3.8, 4) is 0 Å². The summed E-state index contributed by atoms with van der Waals surface area (Å²) >= 11 is 1.75. The standard InChI is InChI=1S/C15H21N3O2S/c1-9-7-15(8-9,13(16)17-20)14(19)18-5-3-12-11(10(18)2)4-6-21-12/h4,6,9-10,20H,3,5,7-8H2,1-2H3,(H2,16,17). The maximum atomic E-state index is 13.0. The minimum absolute atomic E-state index is 0.0141. The molecule has 3 N–H and O–H groups in total. The van der Waals surface area contributed by atoms with Gasteiger partial charge in [0.15, 0.2) is 5.84 Å².